The van der Waals surface area contributed by atoms with Gasteiger partial charge in [0.25, 0.3) is 0 Å². The molecule has 0 N–H and O–H groups in total. The van der Waals surface area contributed by atoms with Crippen molar-refractivity contribution in [3.05, 3.63) is 33.8 Å². The van der Waals surface area contributed by atoms with E-state index in [0.29, 0.717) is 27.4 Å². The van der Waals surface area contributed by atoms with Crippen LogP contribution in [0.3, 0.4) is 0 Å². The second kappa shape index (κ2) is 6.92. The minimum Gasteiger partial charge on any atom is -0.469 e. The van der Waals surface area contributed by atoms with Crippen LogP contribution in [0.5, 0.6) is 0 Å². The number of esters is 1. The third-order valence-electron chi connectivity index (χ3n) is 6.26. The van der Waals surface area contributed by atoms with Crippen LogP contribution in [0.15, 0.2) is 18.2 Å². The van der Waals surface area contributed by atoms with Gasteiger partial charge in [-0.05, 0) is 61.1 Å². The zero-order valence-corrected chi connectivity index (χ0v) is 16.3. The maximum atomic E-state index is 12.2. The number of hydrogen-bond acceptors (Lipinski definition) is 3. The van der Waals surface area contributed by atoms with E-state index in [9.17, 15) is 9.59 Å². The predicted molar refractivity (Wildman–Crippen MR) is 99.2 cm³/mol. The van der Waals surface area contributed by atoms with Crippen molar-refractivity contribution in [3.63, 3.8) is 0 Å². The number of benzene rings is 1. The normalized spacial score (nSPS) is 27.8. The van der Waals surface area contributed by atoms with Crippen molar-refractivity contribution in [1.29, 1.82) is 0 Å². The average Bonchev–Trinajstić information content (AvgIpc) is 2.52. The molecule has 3 saturated carbocycles. The smallest absolute Gasteiger partial charge is 0.308 e. The van der Waals surface area contributed by atoms with E-state index in [2.05, 4.69) is 0 Å². The number of ether oxygens (including phenoxy) is 1. The highest BCUT2D eigenvalue weighted by atomic mass is 35.5. The van der Waals surface area contributed by atoms with Crippen LogP contribution in [-0.2, 0) is 9.53 Å². The topological polar surface area (TPSA) is 43.4 Å². The number of halogens is 2. The Morgan fingerprint density at radius 3 is 2.44 bits per heavy atom. The van der Waals surface area contributed by atoms with Gasteiger partial charge in [0, 0.05) is 12.0 Å². The van der Waals surface area contributed by atoms with Crippen LogP contribution < -0.4 is 0 Å². The Labute approximate surface area is 159 Å². The lowest BCUT2D eigenvalue weighted by Gasteiger charge is -2.73. The van der Waals surface area contributed by atoms with E-state index in [1.165, 1.54) is 7.11 Å². The quantitative estimate of drug-likeness (QED) is 0.328. The predicted octanol–water partition coefficient (Wildman–Crippen LogP) is 5.72. The summed E-state index contributed by atoms with van der Waals surface area (Å²) < 4.78 is 4.88. The first kappa shape index (κ1) is 18.7. The first-order chi connectivity index (χ1) is 11.8. The summed E-state index contributed by atoms with van der Waals surface area (Å²) in [6, 6.07) is 5.04. The number of ketones is 1. The molecule has 3 aliphatic rings. The highest BCUT2D eigenvalue weighted by Crippen LogP contribution is 2.77. The van der Waals surface area contributed by atoms with Crippen molar-refractivity contribution in [2.75, 3.05) is 7.11 Å². The third kappa shape index (κ3) is 3.46. The average molecular weight is 383 g/mol. The van der Waals surface area contributed by atoms with E-state index in [1.807, 2.05) is 6.92 Å². The van der Waals surface area contributed by atoms with Gasteiger partial charge in [-0.25, -0.2) is 0 Å². The molecule has 136 valence electrons. The van der Waals surface area contributed by atoms with Crippen LogP contribution in [0.25, 0.3) is 0 Å². The number of carbonyl (C=O) groups excluding carboxylic acids is 2. The van der Waals surface area contributed by atoms with E-state index in [-0.39, 0.29) is 23.1 Å². The minimum atomic E-state index is -0.0829. The first-order valence-electron chi connectivity index (χ1n) is 8.87. The zero-order chi connectivity index (χ0) is 18.2. The Bertz CT molecular complexity index is 678. The second-order valence-electron chi connectivity index (χ2n) is 7.90. The molecule has 25 heavy (non-hydrogen) atoms. The van der Waals surface area contributed by atoms with E-state index < -0.39 is 0 Å². The van der Waals surface area contributed by atoms with Gasteiger partial charge in [0.1, 0.15) is 0 Å². The van der Waals surface area contributed by atoms with Crippen molar-refractivity contribution in [2.24, 2.45) is 16.7 Å². The highest BCUT2D eigenvalue weighted by molar-refractivity contribution is 6.42. The van der Waals surface area contributed by atoms with Crippen molar-refractivity contribution in [1.82, 2.24) is 0 Å². The summed E-state index contributed by atoms with van der Waals surface area (Å²) in [5.74, 6) is 0.0445. The van der Waals surface area contributed by atoms with Gasteiger partial charge in [-0.3, -0.25) is 9.59 Å². The molecule has 3 aliphatic carbocycles. The Morgan fingerprint density at radius 2 is 1.84 bits per heavy atom. The molecule has 1 aromatic carbocycles. The van der Waals surface area contributed by atoms with Crippen LogP contribution in [0.2, 0.25) is 10.0 Å². The van der Waals surface area contributed by atoms with Crippen molar-refractivity contribution < 1.29 is 14.3 Å². The second-order valence-corrected chi connectivity index (χ2v) is 8.71. The molecule has 0 radical (unpaired) electrons. The summed E-state index contributed by atoms with van der Waals surface area (Å²) in [6.07, 6.45) is 7.04. The number of carbonyl (C=O) groups is 2. The Balaban J connectivity index is 1.39. The molecule has 0 aliphatic heterocycles. The molecule has 3 fully saturated rings. The third-order valence-corrected chi connectivity index (χ3v) is 7.00. The van der Waals surface area contributed by atoms with Gasteiger partial charge in [0.05, 0.1) is 23.1 Å². The van der Waals surface area contributed by atoms with Crippen molar-refractivity contribution in [3.8, 4) is 0 Å². The maximum Gasteiger partial charge on any atom is 0.308 e. The van der Waals surface area contributed by atoms with Gasteiger partial charge in [0.2, 0.25) is 0 Å². The number of unbranched alkanes of at least 4 members (excludes halogenated alkanes) is 1. The van der Waals surface area contributed by atoms with E-state index >= 15 is 0 Å². The summed E-state index contributed by atoms with van der Waals surface area (Å²) >= 11 is 11.8. The molecular weight excluding hydrogens is 359 g/mol. The van der Waals surface area contributed by atoms with Crippen molar-refractivity contribution >= 4 is 35.0 Å². The summed E-state index contributed by atoms with van der Waals surface area (Å²) in [5, 5.41) is 0.892. The summed E-state index contributed by atoms with van der Waals surface area (Å²) in [6.45, 7) is 1.99. The Kier molecular flexibility index (Phi) is 5.18. The number of Topliss-reactive ketones (excluding diaryl/α,β-unsaturated/α-hetero) is 1. The summed E-state index contributed by atoms with van der Waals surface area (Å²) in [5.41, 5.74) is 1.25. The fraction of sp³-hybridized carbons (Fsp3) is 0.600. The zero-order valence-electron chi connectivity index (χ0n) is 14.7. The molecular formula is C20H24Cl2O3. The van der Waals surface area contributed by atoms with E-state index in [1.54, 1.807) is 18.2 Å². The van der Waals surface area contributed by atoms with Crippen molar-refractivity contribution in [2.45, 2.75) is 51.9 Å². The summed E-state index contributed by atoms with van der Waals surface area (Å²) in [4.78, 5) is 23.9. The fourth-order valence-electron chi connectivity index (χ4n) is 4.84. The molecule has 0 saturated heterocycles. The van der Waals surface area contributed by atoms with Gasteiger partial charge in [-0.1, -0.05) is 36.5 Å². The van der Waals surface area contributed by atoms with Gasteiger partial charge < -0.3 is 4.74 Å². The lowest BCUT2D eigenvalue weighted by Crippen LogP contribution is -2.65. The van der Waals surface area contributed by atoms with Crippen LogP contribution in [0, 0.1) is 16.7 Å². The first-order valence-corrected chi connectivity index (χ1v) is 9.63. The molecule has 5 heteroatoms. The molecule has 1 atom stereocenters. The van der Waals surface area contributed by atoms with Crippen LogP contribution in [0.4, 0.5) is 0 Å². The molecule has 0 unspecified atom stereocenters. The molecule has 0 aromatic heterocycles. The van der Waals surface area contributed by atoms with Crippen LogP contribution in [0.1, 0.15) is 62.2 Å². The summed E-state index contributed by atoms with van der Waals surface area (Å²) in [7, 11) is 1.46. The molecule has 0 spiro atoms. The lowest BCUT2D eigenvalue weighted by molar-refractivity contribution is -0.239. The number of hydrogen-bond donors (Lipinski definition) is 0. The largest absolute Gasteiger partial charge is 0.469 e. The number of rotatable bonds is 8. The highest BCUT2D eigenvalue weighted by Gasteiger charge is 2.69. The minimum absolute atomic E-state index is 0.00982. The SMILES string of the molecule is COC(=O)[C@@H](C)C12CC(CCCCC(=O)c3ccc(Cl)c(Cl)c3)(C1)C2. The van der Waals surface area contributed by atoms with E-state index in [4.69, 9.17) is 27.9 Å². The molecule has 0 heterocycles. The molecule has 2 bridgehead atoms. The molecule has 1 aromatic rings. The molecule has 4 rings (SSSR count). The molecule has 3 nitrogen and oxygen atoms in total. The van der Waals surface area contributed by atoms with Gasteiger partial charge in [0.15, 0.2) is 5.78 Å². The Hall–Kier alpha value is -1.06. The fourth-order valence-corrected chi connectivity index (χ4v) is 5.13. The number of methoxy groups -OCH3 is 1. The van der Waals surface area contributed by atoms with E-state index in [0.717, 1.165) is 38.5 Å². The standard InChI is InChI=1S/C20H24Cl2O3/c1-13(18(24)25-2)20-10-19(11-20,12-20)8-4-3-5-17(23)14-6-7-15(21)16(22)9-14/h6-7,9,13H,3-5,8,10-12H2,1-2H3/t13-,19?,20?/m1/s1. The van der Waals surface area contributed by atoms with Gasteiger partial charge >= 0.3 is 5.97 Å². The maximum absolute atomic E-state index is 12.2. The lowest BCUT2D eigenvalue weighted by atomic mass is 9.31. The van der Waals surface area contributed by atoms with Crippen LogP contribution in [-0.4, -0.2) is 18.9 Å². The monoisotopic (exact) mass is 382 g/mol. The van der Waals surface area contributed by atoms with Gasteiger partial charge in [-0.15, -0.1) is 0 Å². The van der Waals surface area contributed by atoms with Gasteiger partial charge in [-0.2, -0.15) is 0 Å². The Morgan fingerprint density at radius 1 is 1.16 bits per heavy atom. The molecule has 0 amide bonds. The van der Waals surface area contributed by atoms with Crippen LogP contribution >= 0.6 is 23.2 Å².